The van der Waals surface area contributed by atoms with Gasteiger partial charge in [0.15, 0.2) is 0 Å². The van der Waals surface area contributed by atoms with Crippen LogP contribution in [0.2, 0.25) is 0 Å². The third kappa shape index (κ3) is 2.30. The van der Waals surface area contributed by atoms with Gasteiger partial charge in [0.05, 0.1) is 11.7 Å². The predicted molar refractivity (Wildman–Crippen MR) is 74.7 cm³/mol. The van der Waals surface area contributed by atoms with Crippen molar-refractivity contribution in [3.05, 3.63) is 26.9 Å². The Bertz CT molecular complexity index is 434. The zero-order chi connectivity index (χ0) is 12.0. The molecule has 2 atom stereocenters. The maximum Gasteiger partial charge on any atom is 0.0733 e. The average Bonchev–Trinajstić information content (AvgIpc) is 3.04. The number of aromatic nitrogens is 1. The number of halogens is 2. The van der Waals surface area contributed by atoms with Crippen LogP contribution in [-0.4, -0.2) is 28.5 Å². The number of hydrogen-bond acceptors (Lipinski definition) is 3. The largest absolute Gasteiger partial charge is 0.326 e. The van der Waals surface area contributed by atoms with E-state index in [4.69, 9.17) is 5.73 Å². The van der Waals surface area contributed by atoms with Crippen molar-refractivity contribution in [2.45, 2.75) is 37.4 Å². The molecule has 3 rings (SSSR count). The van der Waals surface area contributed by atoms with Gasteiger partial charge in [0.25, 0.3) is 0 Å². The van der Waals surface area contributed by atoms with Crippen molar-refractivity contribution in [1.82, 2.24) is 9.88 Å². The second-order valence-electron chi connectivity index (χ2n) is 4.89. The summed E-state index contributed by atoms with van der Waals surface area (Å²) in [7, 11) is 0. The molecular weight excluding hydrogens is 346 g/mol. The van der Waals surface area contributed by atoms with Crippen LogP contribution < -0.4 is 5.73 Å². The van der Waals surface area contributed by atoms with Crippen LogP contribution in [0.5, 0.6) is 0 Å². The Balaban J connectivity index is 1.94. The molecule has 17 heavy (non-hydrogen) atoms. The molecule has 0 bridgehead atoms. The SMILES string of the molecule is NC1CCN(C2CC2)C1c1ncc(Br)cc1Br. The predicted octanol–water partition coefficient (Wildman–Crippen LogP) is 2.84. The zero-order valence-electron chi connectivity index (χ0n) is 9.44. The Kier molecular flexibility index (Phi) is 3.28. The summed E-state index contributed by atoms with van der Waals surface area (Å²) in [6, 6.07) is 3.29. The van der Waals surface area contributed by atoms with Gasteiger partial charge in [0, 0.05) is 33.8 Å². The molecule has 2 N–H and O–H groups in total. The van der Waals surface area contributed by atoms with Crippen LogP contribution in [0, 0.1) is 0 Å². The fourth-order valence-corrected chi connectivity index (χ4v) is 3.88. The molecule has 0 radical (unpaired) electrons. The third-order valence-electron chi connectivity index (χ3n) is 3.62. The lowest BCUT2D eigenvalue weighted by Gasteiger charge is -2.26. The van der Waals surface area contributed by atoms with Crippen molar-refractivity contribution in [2.24, 2.45) is 5.73 Å². The number of nitrogens with zero attached hydrogens (tertiary/aromatic N) is 2. The van der Waals surface area contributed by atoms with Gasteiger partial charge < -0.3 is 5.73 Å². The molecule has 1 saturated heterocycles. The van der Waals surface area contributed by atoms with Crippen molar-refractivity contribution >= 4 is 31.9 Å². The first-order valence-corrected chi connectivity index (χ1v) is 7.57. The molecule has 0 amide bonds. The van der Waals surface area contributed by atoms with Gasteiger partial charge in [-0.2, -0.15) is 0 Å². The number of rotatable bonds is 2. The number of pyridine rings is 1. The molecule has 1 aromatic rings. The smallest absolute Gasteiger partial charge is 0.0733 e. The van der Waals surface area contributed by atoms with Gasteiger partial charge in [-0.15, -0.1) is 0 Å². The van der Waals surface area contributed by atoms with Crippen LogP contribution in [0.1, 0.15) is 31.0 Å². The van der Waals surface area contributed by atoms with Crippen LogP contribution in [0.4, 0.5) is 0 Å². The summed E-state index contributed by atoms with van der Waals surface area (Å²) in [5.74, 6) is 0. The number of nitrogens with two attached hydrogens (primary N) is 1. The first-order valence-electron chi connectivity index (χ1n) is 5.99. The average molecular weight is 361 g/mol. The van der Waals surface area contributed by atoms with E-state index in [1.807, 2.05) is 6.20 Å². The van der Waals surface area contributed by atoms with Crippen LogP contribution in [0.3, 0.4) is 0 Å². The van der Waals surface area contributed by atoms with Gasteiger partial charge in [0.2, 0.25) is 0 Å². The summed E-state index contributed by atoms with van der Waals surface area (Å²) in [4.78, 5) is 7.09. The van der Waals surface area contributed by atoms with Crippen LogP contribution >= 0.6 is 31.9 Å². The van der Waals surface area contributed by atoms with Crippen molar-refractivity contribution in [3.8, 4) is 0 Å². The molecule has 2 unspecified atom stereocenters. The van der Waals surface area contributed by atoms with E-state index < -0.39 is 0 Å². The second-order valence-corrected chi connectivity index (χ2v) is 6.66. The summed E-state index contributed by atoms with van der Waals surface area (Å²) in [5, 5.41) is 0. The highest BCUT2D eigenvalue weighted by atomic mass is 79.9. The Morgan fingerprint density at radius 3 is 2.71 bits per heavy atom. The Morgan fingerprint density at radius 2 is 2.06 bits per heavy atom. The first-order chi connectivity index (χ1) is 8.16. The number of hydrogen-bond donors (Lipinski definition) is 1. The molecule has 1 aromatic heterocycles. The quantitative estimate of drug-likeness (QED) is 0.881. The van der Waals surface area contributed by atoms with E-state index in [2.05, 4.69) is 47.8 Å². The minimum atomic E-state index is 0.209. The molecule has 3 nitrogen and oxygen atoms in total. The van der Waals surface area contributed by atoms with E-state index in [-0.39, 0.29) is 12.1 Å². The van der Waals surface area contributed by atoms with Gasteiger partial charge >= 0.3 is 0 Å². The van der Waals surface area contributed by atoms with E-state index in [9.17, 15) is 0 Å². The third-order valence-corrected chi connectivity index (χ3v) is 4.68. The van der Waals surface area contributed by atoms with Crippen molar-refractivity contribution in [2.75, 3.05) is 6.54 Å². The summed E-state index contributed by atoms with van der Waals surface area (Å²) < 4.78 is 2.05. The van der Waals surface area contributed by atoms with Crippen molar-refractivity contribution in [1.29, 1.82) is 0 Å². The first kappa shape index (κ1) is 12.1. The van der Waals surface area contributed by atoms with Gasteiger partial charge in [-0.1, -0.05) is 0 Å². The fourth-order valence-electron chi connectivity index (χ4n) is 2.66. The maximum absolute atomic E-state index is 6.26. The van der Waals surface area contributed by atoms with Crippen LogP contribution in [0.25, 0.3) is 0 Å². The summed E-state index contributed by atoms with van der Waals surface area (Å²) in [6.45, 7) is 1.11. The highest BCUT2D eigenvalue weighted by Gasteiger charge is 2.42. The van der Waals surface area contributed by atoms with Crippen molar-refractivity contribution < 1.29 is 0 Å². The van der Waals surface area contributed by atoms with E-state index in [1.165, 1.54) is 12.8 Å². The monoisotopic (exact) mass is 359 g/mol. The summed E-state index contributed by atoms with van der Waals surface area (Å²) in [5.41, 5.74) is 7.35. The molecule has 2 fully saturated rings. The molecule has 1 saturated carbocycles. The Labute approximate surface area is 118 Å². The number of likely N-dealkylation sites (tertiary alicyclic amines) is 1. The normalized spacial score (nSPS) is 29.8. The minimum absolute atomic E-state index is 0.209. The van der Waals surface area contributed by atoms with Crippen LogP contribution in [-0.2, 0) is 0 Å². The molecule has 2 aliphatic rings. The molecule has 5 heteroatoms. The molecule has 0 spiro atoms. The molecular formula is C12H15Br2N3. The van der Waals surface area contributed by atoms with Gasteiger partial charge in [-0.25, -0.2) is 0 Å². The molecule has 1 aliphatic heterocycles. The fraction of sp³-hybridized carbons (Fsp3) is 0.583. The molecule has 1 aliphatic carbocycles. The van der Waals surface area contributed by atoms with Gasteiger partial charge in [0.1, 0.15) is 0 Å². The molecule has 2 heterocycles. The summed E-state index contributed by atoms with van der Waals surface area (Å²) >= 11 is 7.05. The summed E-state index contributed by atoms with van der Waals surface area (Å²) in [6.07, 6.45) is 5.57. The standard InChI is InChI=1S/C12H15Br2N3/c13-7-5-9(14)11(16-6-7)12-10(15)3-4-17(12)8-1-2-8/h5-6,8,10,12H,1-4,15H2. The van der Waals surface area contributed by atoms with E-state index in [1.54, 1.807) is 0 Å². The highest BCUT2D eigenvalue weighted by Crippen LogP contribution is 2.41. The van der Waals surface area contributed by atoms with E-state index >= 15 is 0 Å². The van der Waals surface area contributed by atoms with Crippen LogP contribution in [0.15, 0.2) is 21.2 Å². The Hall–Kier alpha value is 0.0300. The Morgan fingerprint density at radius 1 is 1.29 bits per heavy atom. The topological polar surface area (TPSA) is 42.1 Å². The zero-order valence-corrected chi connectivity index (χ0v) is 12.6. The molecule has 92 valence electrons. The van der Waals surface area contributed by atoms with E-state index in [0.29, 0.717) is 0 Å². The van der Waals surface area contributed by atoms with Crippen molar-refractivity contribution in [3.63, 3.8) is 0 Å². The van der Waals surface area contributed by atoms with Gasteiger partial charge in [-0.05, 0) is 57.2 Å². The van der Waals surface area contributed by atoms with Gasteiger partial charge in [-0.3, -0.25) is 9.88 Å². The minimum Gasteiger partial charge on any atom is -0.326 e. The molecule has 0 aromatic carbocycles. The lowest BCUT2D eigenvalue weighted by Crippen LogP contribution is -2.34. The van der Waals surface area contributed by atoms with E-state index in [0.717, 1.165) is 33.6 Å². The lowest BCUT2D eigenvalue weighted by molar-refractivity contribution is 0.232. The second kappa shape index (κ2) is 4.61. The lowest BCUT2D eigenvalue weighted by atomic mass is 10.1. The maximum atomic E-state index is 6.26. The highest BCUT2D eigenvalue weighted by molar-refractivity contribution is 9.11.